The highest BCUT2D eigenvalue weighted by molar-refractivity contribution is 9.10. The Morgan fingerprint density at radius 2 is 1.70 bits per heavy atom. The Kier molecular flexibility index (Phi) is 9.66. The molecule has 2 atom stereocenters. The molecule has 0 heterocycles. The van der Waals surface area contributed by atoms with Crippen LogP contribution >= 0.6 is 27.5 Å². The number of rotatable bonds is 10. The maximum Gasteiger partial charge on any atom is 0.261 e. The molecule has 162 valence electrons. The molecule has 0 fully saturated rings. The van der Waals surface area contributed by atoms with Crippen molar-refractivity contribution in [1.29, 1.82) is 0 Å². The van der Waals surface area contributed by atoms with E-state index >= 15 is 0 Å². The fourth-order valence-electron chi connectivity index (χ4n) is 2.91. The third-order valence-corrected chi connectivity index (χ3v) is 5.61. The average molecular weight is 496 g/mol. The van der Waals surface area contributed by atoms with Crippen LogP contribution in [0.5, 0.6) is 5.75 Å². The molecule has 2 aromatic rings. The normalized spacial score (nSPS) is 12.7. The second kappa shape index (κ2) is 12.0. The maximum absolute atomic E-state index is 13.1. The molecule has 7 heteroatoms. The molecule has 0 aromatic heterocycles. The first kappa shape index (κ1) is 24.2. The minimum Gasteiger partial charge on any atom is -0.484 e. The van der Waals surface area contributed by atoms with Gasteiger partial charge in [-0.15, -0.1) is 0 Å². The van der Waals surface area contributed by atoms with E-state index in [-0.39, 0.29) is 24.5 Å². The molecular formula is C23H28BrClN2O3. The van der Waals surface area contributed by atoms with Gasteiger partial charge in [0.05, 0.1) is 0 Å². The number of nitrogens with zero attached hydrogens (tertiary/aromatic N) is 1. The van der Waals surface area contributed by atoms with Crippen molar-refractivity contribution >= 4 is 39.3 Å². The highest BCUT2D eigenvalue weighted by Gasteiger charge is 2.29. The molecule has 0 radical (unpaired) electrons. The minimum absolute atomic E-state index is 0.0399. The van der Waals surface area contributed by atoms with Crippen molar-refractivity contribution in [3.05, 3.63) is 63.6 Å². The summed E-state index contributed by atoms with van der Waals surface area (Å²) in [5.41, 5.74) is 0.895. The van der Waals surface area contributed by atoms with Crippen LogP contribution in [-0.2, 0) is 16.1 Å². The third kappa shape index (κ3) is 7.33. The molecule has 0 saturated heterocycles. The van der Waals surface area contributed by atoms with E-state index in [1.165, 1.54) is 0 Å². The van der Waals surface area contributed by atoms with Gasteiger partial charge in [-0.3, -0.25) is 9.59 Å². The summed E-state index contributed by atoms with van der Waals surface area (Å²) in [4.78, 5) is 27.6. The Labute approximate surface area is 191 Å². The van der Waals surface area contributed by atoms with Crippen molar-refractivity contribution < 1.29 is 14.3 Å². The number of carbonyl (C=O) groups is 2. The zero-order valence-electron chi connectivity index (χ0n) is 17.5. The van der Waals surface area contributed by atoms with Crippen LogP contribution in [0.1, 0.15) is 39.2 Å². The second-order valence-electron chi connectivity index (χ2n) is 7.13. The smallest absolute Gasteiger partial charge is 0.261 e. The van der Waals surface area contributed by atoms with Crippen LogP contribution in [-0.4, -0.2) is 35.4 Å². The van der Waals surface area contributed by atoms with Crippen LogP contribution in [0.2, 0.25) is 5.02 Å². The lowest BCUT2D eigenvalue weighted by atomic mass is 10.1. The molecule has 30 heavy (non-hydrogen) atoms. The highest BCUT2D eigenvalue weighted by Crippen LogP contribution is 2.18. The van der Waals surface area contributed by atoms with Crippen LogP contribution < -0.4 is 10.1 Å². The van der Waals surface area contributed by atoms with E-state index in [2.05, 4.69) is 21.2 Å². The van der Waals surface area contributed by atoms with E-state index in [1.54, 1.807) is 29.2 Å². The summed E-state index contributed by atoms with van der Waals surface area (Å²) >= 11 is 9.36. The molecule has 0 unspecified atom stereocenters. The average Bonchev–Trinajstić information content (AvgIpc) is 2.74. The first-order valence-electron chi connectivity index (χ1n) is 10.1. The fraction of sp³-hybridized carbons (Fsp3) is 0.391. The molecule has 0 aliphatic rings. The van der Waals surface area contributed by atoms with Crippen molar-refractivity contribution in [3.8, 4) is 5.75 Å². The SMILES string of the molecule is CC[C@H](C)NC(=O)[C@H](CC)N(Cc1ccc(Cl)cc1)C(=O)COc1ccc(Br)cc1. The van der Waals surface area contributed by atoms with Crippen molar-refractivity contribution in [2.24, 2.45) is 0 Å². The lowest BCUT2D eigenvalue weighted by Gasteiger charge is -2.31. The Morgan fingerprint density at radius 1 is 1.07 bits per heavy atom. The van der Waals surface area contributed by atoms with Gasteiger partial charge in [0.25, 0.3) is 5.91 Å². The van der Waals surface area contributed by atoms with E-state index in [9.17, 15) is 9.59 Å². The molecule has 0 aliphatic carbocycles. The number of halogens is 2. The van der Waals surface area contributed by atoms with Crippen LogP contribution in [0, 0.1) is 0 Å². The summed E-state index contributed by atoms with van der Waals surface area (Å²) in [6.07, 6.45) is 1.32. The number of hydrogen-bond acceptors (Lipinski definition) is 3. The van der Waals surface area contributed by atoms with Gasteiger partial charge in [-0.05, 0) is 61.7 Å². The predicted octanol–water partition coefficient (Wildman–Crippen LogP) is 5.20. The lowest BCUT2D eigenvalue weighted by molar-refractivity contribution is -0.143. The largest absolute Gasteiger partial charge is 0.484 e. The summed E-state index contributed by atoms with van der Waals surface area (Å²) in [7, 11) is 0. The van der Waals surface area contributed by atoms with Gasteiger partial charge in [0.1, 0.15) is 11.8 Å². The van der Waals surface area contributed by atoms with Gasteiger partial charge in [0.2, 0.25) is 5.91 Å². The van der Waals surface area contributed by atoms with Gasteiger partial charge >= 0.3 is 0 Å². The van der Waals surface area contributed by atoms with E-state index in [0.717, 1.165) is 16.5 Å². The molecule has 1 N–H and O–H groups in total. The van der Waals surface area contributed by atoms with Crippen molar-refractivity contribution in [3.63, 3.8) is 0 Å². The number of hydrogen-bond donors (Lipinski definition) is 1. The molecule has 2 aromatic carbocycles. The summed E-state index contributed by atoms with van der Waals surface area (Å²) in [6.45, 7) is 6.01. The number of benzene rings is 2. The molecular weight excluding hydrogens is 468 g/mol. The van der Waals surface area contributed by atoms with Gasteiger partial charge in [-0.25, -0.2) is 0 Å². The highest BCUT2D eigenvalue weighted by atomic mass is 79.9. The quantitative estimate of drug-likeness (QED) is 0.493. The van der Waals surface area contributed by atoms with E-state index in [4.69, 9.17) is 16.3 Å². The molecule has 5 nitrogen and oxygen atoms in total. The van der Waals surface area contributed by atoms with Crippen LogP contribution in [0.15, 0.2) is 53.0 Å². The van der Waals surface area contributed by atoms with Crippen molar-refractivity contribution in [2.75, 3.05) is 6.61 Å². The van der Waals surface area contributed by atoms with Gasteiger partial charge in [0, 0.05) is 22.1 Å². The van der Waals surface area contributed by atoms with Gasteiger partial charge < -0.3 is 15.0 Å². The lowest BCUT2D eigenvalue weighted by Crippen LogP contribution is -2.51. The zero-order valence-corrected chi connectivity index (χ0v) is 19.9. The Bertz CT molecular complexity index is 827. The van der Waals surface area contributed by atoms with Gasteiger partial charge in [-0.1, -0.05) is 53.5 Å². The van der Waals surface area contributed by atoms with Gasteiger partial charge in [-0.2, -0.15) is 0 Å². The number of ether oxygens (including phenoxy) is 1. The number of nitrogens with one attached hydrogen (secondary N) is 1. The maximum atomic E-state index is 13.1. The number of carbonyl (C=O) groups excluding carboxylic acids is 2. The Balaban J connectivity index is 2.19. The Hall–Kier alpha value is -2.05. The van der Waals surface area contributed by atoms with Crippen LogP contribution in [0.3, 0.4) is 0 Å². The first-order chi connectivity index (χ1) is 14.3. The monoisotopic (exact) mass is 494 g/mol. The molecule has 0 aliphatic heterocycles. The molecule has 0 bridgehead atoms. The number of amides is 2. The van der Waals surface area contributed by atoms with Gasteiger partial charge in [0.15, 0.2) is 6.61 Å². The standard InChI is InChI=1S/C23H28BrClN2O3/c1-4-16(3)26-23(29)21(5-2)27(14-17-6-10-19(25)11-7-17)22(28)15-30-20-12-8-18(24)9-13-20/h6-13,16,21H,4-5,14-15H2,1-3H3,(H,26,29)/t16-,21-/m0/s1. The van der Waals surface area contributed by atoms with E-state index in [0.29, 0.717) is 23.7 Å². The molecule has 0 saturated carbocycles. The van der Waals surface area contributed by atoms with Crippen molar-refractivity contribution in [2.45, 2.75) is 52.2 Å². The second-order valence-corrected chi connectivity index (χ2v) is 8.48. The molecule has 0 spiro atoms. The summed E-state index contributed by atoms with van der Waals surface area (Å²) in [6, 6.07) is 14.0. The van der Waals surface area contributed by atoms with E-state index in [1.807, 2.05) is 45.0 Å². The van der Waals surface area contributed by atoms with Crippen LogP contribution in [0.25, 0.3) is 0 Å². The predicted molar refractivity (Wildman–Crippen MR) is 124 cm³/mol. The van der Waals surface area contributed by atoms with Crippen molar-refractivity contribution in [1.82, 2.24) is 10.2 Å². The van der Waals surface area contributed by atoms with E-state index < -0.39 is 6.04 Å². The minimum atomic E-state index is -0.587. The van der Waals surface area contributed by atoms with Crippen LogP contribution in [0.4, 0.5) is 0 Å². The summed E-state index contributed by atoms with van der Waals surface area (Å²) in [5.74, 6) is 0.187. The topological polar surface area (TPSA) is 58.6 Å². The summed E-state index contributed by atoms with van der Waals surface area (Å²) in [5, 5.41) is 3.61. The molecule has 2 amide bonds. The summed E-state index contributed by atoms with van der Waals surface area (Å²) < 4.78 is 6.60. The fourth-order valence-corrected chi connectivity index (χ4v) is 3.30. The first-order valence-corrected chi connectivity index (χ1v) is 11.2. The third-order valence-electron chi connectivity index (χ3n) is 4.83. The Morgan fingerprint density at radius 3 is 2.27 bits per heavy atom. The zero-order chi connectivity index (χ0) is 22.1. The molecule has 2 rings (SSSR count).